The number of nitrogens with zero attached hydrogens (tertiary/aromatic N) is 3. The minimum atomic E-state index is -0.581. The molecule has 0 aliphatic heterocycles. The Morgan fingerprint density at radius 2 is 2.05 bits per heavy atom. The number of nitrogens with two attached hydrogens (primary N) is 1. The molecule has 102 valence electrons. The Morgan fingerprint density at radius 3 is 2.79 bits per heavy atom. The van der Waals surface area contributed by atoms with Crippen LogP contribution in [0.15, 0.2) is 24.4 Å². The second-order valence-corrected chi connectivity index (χ2v) is 4.39. The van der Waals surface area contributed by atoms with Crippen LogP contribution in [0.2, 0.25) is 0 Å². The predicted octanol–water partition coefficient (Wildman–Crippen LogP) is 1.89. The molecule has 0 fully saturated rings. The Kier molecular flexibility index (Phi) is 4.57. The summed E-state index contributed by atoms with van der Waals surface area (Å²) in [7, 11) is 0. The molecule has 1 aromatic carbocycles. The highest BCUT2D eigenvalue weighted by Crippen LogP contribution is 2.11. The third kappa shape index (κ3) is 3.82. The number of halogens is 2. The smallest absolute Gasteiger partial charge is 0.131 e. The van der Waals surface area contributed by atoms with Crippen LogP contribution in [0, 0.1) is 11.6 Å². The van der Waals surface area contributed by atoms with E-state index in [0.29, 0.717) is 12.1 Å². The van der Waals surface area contributed by atoms with E-state index in [4.69, 9.17) is 5.73 Å². The highest BCUT2D eigenvalue weighted by Gasteiger charge is 2.06. The first kappa shape index (κ1) is 13.6. The summed E-state index contributed by atoms with van der Waals surface area (Å²) >= 11 is 0. The zero-order valence-electron chi connectivity index (χ0n) is 10.5. The Bertz CT molecular complexity index is 539. The van der Waals surface area contributed by atoms with Crippen molar-refractivity contribution in [2.75, 3.05) is 6.54 Å². The summed E-state index contributed by atoms with van der Waals surface area (Å²) in [6.07, 6.45) is 4.49. The zero-order valence-corrected chi connectivity index (χ0v) is 10.5. The van der Waals surface area contributed by atoms with Crippen LogP contribution in [-0.4, -0.2) is 21.5 Å². The van der Waals surface area contributed by atoms with Gasteiger partial charge in [-0.3, -0.25) is 0 Å². The quantitative estimate of drug-likeness (QED) is 0.812. The van der Waals surface area contributed by atoms with Crippen LogP contribution in [0.4, 0.5) is 8.78 Å². The maximum absolute atomic E-state index is 13.5. The normalized spacial score (nSPS) is 10.9. The van der Waals surface area contributed by atoms with Gasteiger partial charge in [-0.25, -0.2) is 13.5 Å². The minimum absolute atomic E-state index is 0.246. The zero-order chi connectivity index (χ0) is 13.7. The van der Waals surface area contributed by atoms with Crippen LogP contribution < -0.4 is 5.73 Å². The second-order valence-electron chi connectivity index (χ2n) is 4.39. The number of unbranched alkanes of at least 4 members (excludes halogenated alkanes) is 1. The second kappa shape index (κ2) is 6.38. The average Bonchev–Trinajstić information content (AvgIpc) is 2.81. The first-order valence-corrected chi connectivity index (χ1v) is 6.22. The molecule has 0 unspecified atom stereocenters. The van der Waals surface area contributed by atoms with E-state index in [1.165, 1.54) is 12.1 Å². The molecular weight excluding hydrogens is 250 g/mol. The van der Waals surface area contributed by atoms with Crippen LogP contribution in [0.3, 0.4) is 0 Å². The molecule has 0 saturated heterocycles. The fourth-order valence-corrected chi connectivity index (χ4v) is 1.81. The van der Waals surface area contributed by atoms with Gasteiger partial charge >= 0.3 is 0 Å². The molecular formula is C13H16F2N4. The van der Waals surface area contributed by atoms with Crippen LogP contribution in [0.25, 0.3) is 0 Å². The lowest BCUT2D eigenvalue weighted by Crippen LogP contribution is -2.03. The van der Waals surface area contributed by atoms with E-state index in [0.717, 1.165) is 31.0 Å². The van der Waals surface area contributed by atoms with Crippen LogP contribution in [-0.2, 0) is 13.0 Å². The van der Waals surface area contributed by atoms with E-state index in [2.05, 4.69) is 10.3 Å². The van der Waals surface area contributed by atoms with Gasteiger partial charge in [0, 0.05) is 17.8 Å². The van der Waals surface area contributed by atoms with Gasteiger partial charge in [-0.1, -0.05) is 11.3 Å². The molecule has 4 nitrogen and oxygen atoms in total. The van der Waals surface area contributed by atoms with Crippen LogP contribution in [0.1, 0.15) is 24.1 Å². The van der Waals surface area contributed by atoms with Gasteiger partial charge in [-0.2, -0.15) is 0 Å². The summed E-state index contributed by atoms with van der Waals surface area (Å²) in [5.41, 5.74) is 6.66. The molecule has 1 aromatic heterocycles. The van der Waals surface area contributed by atoms with Crippen molar-refractivity contribution in [3.63, 3.8) is 0 Å². The Hall–Kier alpha value is -1.82. The average molecular weight is 266 g/mol. The molecule has 0 aliphatic rings. The lowest BCUT2D eigenvalue weighted by atomic mass is 10.2. The van der Waals surface area contributed by atoms with Crippen molar-refractivity contribution >= 4 is 0 Å². The van der Waals surface area contributed by atoms with Crippen LogP contribution >= 0.6 is 0 Å². The van der Waals surface area contributed by atoms with Gasteiger partial charge in [-0.15, -0.1) is 5.10 Å². The van der Waals surface area contributed by atoms with Crippen molar-refractivity contribution < 1.29 is 8.78 Å². The third-order valence-electron chi connectivity index (χ3n) is 2.82. The molecule has 2 aromatic rings. The number of rotatable bonds is 6. The molecule has 0 spiro atoms. The predicted molar refractivity (Wildman–Crippen MR) is 67.5 cm³/mol. The monoisotopic (exact) mass is 266 g/mol. The molecule has 6 heteroatoms. The Balaban J connectivity index is 1.99. The van der Waals surface area contributed by atoms with E-state index >= 15 is 0 Å². The molecule has 0 radical (unpaired) electrons. The molecule has 0 saturated carbocycles. The molecule has 2 N–H and O–H groups in total. The number of hydrogen-bond acceptors (Lipinski definition) is 3. The molecule has 2 rings (SSSR count). The molecule has 19 heavy (non-hydrogen) atoms. The summed E-state index contributed by atoms with van der Waals surface area (Å²) < 4.78 is 27.8. The summed E-state index contributed by atoms with van der Waals surface area (Å²) in [5, 5.41) is 7.94. The van der Waals surface area contributed by atoms with E-state index < -0.39 is 11.6 Å². The third-order valence-corrected chi connectivity index (χ3v) is 2.82. The van der Waals surface area contributed by atoms with Gasteiger partial charge in [0.1, 0.15) is 11.6 Å². The van der Waals surface area contributed by atoms with Crippen molar-refractivity contribution in [3.8, 4) is 0 Å². The number of aromatic nitrogens is 3. The standard InChI is InChI=1S/C13H16F2N4/c14-11-5-4-10(13(15)7-11)8-19-9-12(17-18-19)3-1-2-6-16/h4-5,7,9H,1-3,6,8,16H2. The highest BCUT2D eigenvalue weighted by atomic mass is 19.1. The summed E-state index contributed by atoms with van der Waals surface area (Å²) in [5.74, 6) is -1.15. The van der Waals surface area contributed by atoms with E-state index in [1.54, 1.807) is 10.9 Å². The molecule has 0 bridgehead atoms. The SMILES string of the molecule is NCCCCc1cn(Cc2ccc(F)cc2F)nn1. The Labute approximate surface area is 110 Å². The fourth-order valence-electron chi connectivity index (χ4n) is 1.81. The minimum Gasteiger partial charge on any atom is -0.330 e. The van der Waals surface area contributed by atoms with Crippen molar-refractivity contribution in [2.24, 2.45) is 5.73 Å². The highest BCUT2D eigenvalue weighted by molar-refractivity contribution is 5.18. The van der Waals surface area contributed by atoms with Gasteiger partial charge < -0.3 is 5.73 Å². The molecule has 0 amide bonds. The molecule has 0 aliphatic carbocycles. The number of aryl methyl sites for hydroxylation is 1. The fraction of sp³-hybridized carbons (Fsp3) is 0.385. The molecule has 1 heterocycles. The van der Waals surface area contributed by atoms with Gasteiger partial charge in [-0.05, 0) is 31.9 Å². The number of hydrogen-bond donors (Lipinski definition) is 1. The lowest BCUT2D eigenvalue weighted by Gasteiger charge is -2.02. The molecule has 0 atom stereocenters. The Morgan fingerprint density at radius 1 is 1.21 bits per heavy atom. The van der Waals surface area contributed by atoms with E-state index in [-0.39, 0.29) is 6.54 Å². The first-order valence-electron chi connectivity index (χ1n) is 6.22. The topological polar surface area (TPSA) is 56.7 Å². The largest absolute Gasteiger partial charge is 0.330 e. The first-order chi connectivity index (χ1) is 9.19. The van der Waals surface area contributed by atoms with Gasteiger partial charge in [0.25, 0.3) is 0 Å². The summed E-state index contributed by atoms with van der Waals surface area (Å²) in [6, 6.07) is 3.52. The van der Waals surface area contributed by atoms with Crippen molar-refractivity contribution in [3.05, 3.63) is 47.3 Å². The lowest BCUT2D eigenvalue weighted by molar-refractivity contribution is 0.554. The van der Waals surface area contributed by atoms with Crippen molar-refractivity contribution in [2.45, 2.75) is 25.8 Å². The maximum Gasteiger partial charge on any atom is 0.131 e. The summed E-state index contributed by atoms with van der Waals surface area (Å²) in [6.45, 7) is 0.908. The van der Waals surface area contributed by atoms with E-state index in [9.17, 15) is 8.78 Å². The van der Waals surface area contributed by atoms with Crippen LogP contribution in [0.5, 0.6) is 0 Å². The van der Waals surface area contributed by atoms with Gasteiger partial charge in [0.2, 0.25) is 0 Å². The van der Waals surface area contributed by atoms with Crippen molar-refractivity contribution in [1.82, 2.24) is 15.0 Å². The van der Waals surface area contributed by atoms with Gasteiger partial charge in [0.05, 0.1) is 12.2 Å². The number of benzene rings is 1. The van der Waals surface area contributed by atoms with Gasteiger partial charge in [0.15, 0.2) is 0 Å². The van der Waals surface area contributed by atoms with E-state index in [1.807, 2.05) is 0 Å². The van der Waals surface area contributed by atoms with Crippen molar-refractivity contribution in [1.29, 1.82) is 0 Å². The maximum atomic E-state index is 13.5. The summed E-state index contributed by atoms with van der Waals surface area (Å²) in [4.78, 5) is 0.